The molecule has 0 aliphatic carbocycles. The van der Waals surface area contributed by atoms with Gasteiger partial charge in [0.2, 0.25) is 0 Å². The largest absolute Gasteiger partial charge is 0.295 e. The van der Waals surface area contributed by atoms with Crippen LogP contribution in [0.4, 0.5) is 0 Å². The quantitative estimate of drug-likeness (QED) is 0.375. The first-order valence-electron chi connectivity index (χ1n) is 5.78. The minimum absolute atomic E-state index is 0.0661. The lowest BCUT2D eigenvalue weighted by atomic mass is 10.0. The fraction of sp³-hybridized carbons (Fsp3) is 0.312. The van der Waals surface area contributed by atoms with E-state index in [9.17, 15) is 4.79 Å². The van der Waals surface area contributed by atoms with Crippen LogP contribution in [0.3, 0.4) is 0 Å². The van der Waals surface area contributed by atoms with E-state index < -0.39 is 0 Å². The Morgan fingerprint density at radius 1 is 1.24 bits per heavy atom. The van der Waals surface area contributed by atoms with Gasteiger partial charge in [-0.3, -0.25) is 4.79 Å². The molecule has 0 saturated heterocycles. The van der Waals surface area contributed by atoms with Crippen LogP contribution in [0, 0.1) is 5.92 Å². The van der Waals surface area contributed by atoms with Gasteiger partial charge in [0.15, 0.2) is 5.78 Å². The van der Waals surface area contributed by atoms with E-state index in [1.165, 1.54) is 0 Å². The summed E-state index contributed by atoms with van der Waals surface area (Å²) in [5, 5.41) is 0. The van der Waals surface area contributed by atoms with Crippen molar-refractivity contribution in [3.63, 3.8) is 0 Å². The molecule has 0 aliphatic rings. The highest BCUT2D eigenvalue weighted by atomic mass is 16.1. The Morgan fingerprint density at radius 3 is 2.18 bits per heavy atom. The average Bonchev–Trinajstić information content (AvgIpc) is 2.27. The van der Waals surface area contributed by atoms with Gasteiger partial charge in [-0.1, -0.05) is 43.4 Å². The zero-order chi connectivity index (χ0) is 13.4. The third-order valence-electron chi connectivity index (χ3n) is 2.47. The predicted molar refractivity (Wildman–Crippen MR) is 75.8 cm³/mol. The summed E-state index contributed by atoms with van der Waals surface area (Å²) in [6.07, 6.45) is 9.59. The second-order valence-corrected chi connectivity index (χ2v) is 4.13. The standard InChI is InChI=1S/C16H22O/c1-7-13(5)9-10-16(12(3)4)11-15(8-2)14(6)17/h7-11,13H,1,3H2,2,4-6H3/b10-9-,15-8+,16-11-. The Bertz CT molecular complexity index is 392. The van der Waals surface area contributed by atoms with Crippen molar-refractivity contribution in [1.29, 1.82) is 0 Å². The van der Waals surface area contributed by atoms with Crippen LogP contribution >= 0.6 is 0 Å². The zero-order valence-electron chi connectivity index (χ0n) is 11.3. The van der Waals surface area contributed by atoms with Gasteiger partial charge in [0.25, 0.3) is 0 Å². The molecule has 0 aromatic carbocycles. The summed E-state index contributed by atoms with van der Waals surface area (Å²) in [6, 6.07) is 0. The van der Waals surface area contributed by atoms with Gasteiger partial charge >= 0.3 is 0 Å². The number of rotatable bonds is 6. The summed E-state index contributed by atoms with van der Waals surface area (Å²) in [6.45, 7) is 15.1. The molecule has 0 spiro atoms. The summed E-state index contributed by atoms with van der Waals surface area (Å²) in [4.78, 5) is 11.3. The third-order valence-corrected chi connectivity index (χ3v) is 2.47. The molecular formula is C16H22O. The first-order chi connectivity index (χ1) is 7.92. The lowest BCUT2D eigenvalue weighted by Crippen LogP contribution is -1.94. The van der Waals surface area contributed by atoms with Crippen LogP contribution in [-0.4, -0.2) is 5.78 Å². The summed E-state index contributed by atoms with van der Waals surface area (Å²) in [7, 11) is 0. The van der Waals surface area contributed by atoms with E-state index in [2.05, 4.69) is 20.1 Å². The molecule has 0 N–H and O–H groups in total. The Morgan fingerprint density at radius 2 is 1.82 bits per heavy atom. The molecule has 1 unspecified atom stereocenters. The van der Waals surface area contributed by atoms with Crippen molar-refractivity contribution in [2.45, 2.75) is 27.7 Å². The van der Waals surface area contributed by atoms with E-state index in [1.54, 1.807) is 6.92 Å². The average molecular weight is 230 g/mol. The molecule has 0 bridgehead atoms. The highest BCUT2D eigenvalue weighted by molar-refractivity contribution is 5.96. The molecule has 0 amide bonds. The van der Waals surface area contributed by atoms with Crippen molar-refractivity contribution < 1.29 is 4.79 Å². The Hall–Kier alpha value is -1.63. The molecule has 0 heterocycles. The van der Waals surface area contributed by atoms with Crippen LogP contribution in [0.15, 0.2) is 60.3 Å². The maximum absolute atomic E-state index is 11.3. The van der Waals surface area contributed by atoms with Gasteiger partial charge in [0.05, 0.1) is 0 Å². The summed E-state index contributed by atoms with van der Waals surface area (Å²) in [5.41, 5.74) is 2.62. The Balaban J connectivity index is 5.18. The number of hydrogen-bond donors (Lipinski definition) is 0. The van der Waals surface area contributed by atoms with Crippen LogP contribution in [-0.2, 0) is 4.79 Å². The van der Waals surface area contributed by atoms with Gasteiger partial charge in [-0.15, -0.1) is 6.58 Å². The third kappa shape index (κ3) is 5.86. The van der Waals surface area contributed by atoms with Gasteiger partial charge in [-0.2, -0.15) is 0 Å². The Labute approximate surface area is 105 Å². The van der Waals surface area contributed by atoms with E-state index in [-0.39, 0.29) is 5.78 Å². The normalized spacial score (nSPS) is 14.8. The van der Waals surface area contributed by atoms with Crippen molar-refractivity contribution in [3.05, 3.63) is 60.3 Å². The van der Waals surface area contributed by atoms with E-state index in [0.717, 1.165) is 11.1 Å². The fourth-order valence-corrected chi connectivity index (χ4v) is 1.20. The molecule has 0 aromatic rings. The van der Waals surface area contributed by atoms with Crippen LogP contribution in [0.25, 0.3) is 0 Å². The number of carbonyl (C=O) groups is 1. The number of ketones is 1. The number of Topliss-reactive ketones (excluding diaryl/α,β-unsaturated/α-hetero) is 1. The topological polar surface area (TPSA) is 17.1 Å². The van der Waals surface area contributed by atoms with E-state index in [0.29, 0.717) is 11.5 Å². The number of hydrogen-bond acceptors (Lipinski definition) is 1. The number of carbonyl (C=O) groups excluding carboxylic acids is 1. The zero-order valence-corrected chi connectivity index (χ0v) is 11.3. The molecule has 1 nitrogen and oxygen atoms in total. The maximum atomic E-state index is 11.3. The van der Waals surface area contributed by atoms with Crippen LogP contribution in [0.5, 0.6) is 0 Å². The van der Waals surface area contributed by atoms with Crippen LogP contribution < -0.4 is 0 Å². The van der Waals surface area contributed by atoms with Crippen molar-refractivity contribution in [2.75, 3.05) is 0 Å². The fourth-order valence-electron chi connectivity index (χ4n) is 1.20. The Kier molecular flexibility index (Phi) is 6.88. The van der Waals surface area contributed by atoms with Crippen LogP contribution in [0.2, 0.25) is 0 Å². The van der Waals surface area contributed by atoms with Crippen LogP contribution in [0.1, 0.15) is 27.7 Å². The molecule has 1 atom stereocenters. The first kappa shape index (κ1) is 15.4. The molecular weight excluding hydrogens is 208 g/mol. The predicted octanol–water partition coefficient (Wildman–Crippen LogP) is 4.40. The SMILES string of the molecule is C=CC(C)\C=C/C(=C/C(=C\C)C(C)=O)C(=C)C. The molecule has 1 heteroatoms. The lowest BCUT2D eigenvalue weighted by molar-refractivity contribution is -0.113. The molecule has 0 radical (unpaired) electrons. The summed E-state index contributed by atoms with van der Waals surface area (Å²) >= 11 is 0. The molecule has 0 fully saturated rings. The number of allylic oxidation sites excluding steroid dienone is 8. The lowest BCUT2D eigenvalue weighted by Gasteiger charge is -2.04. The van der Waals surface area contributed by atoms with Crippen molar-refractivity contribution in [3.8, 4) is 0 Å². The van der Waals surface area contributed by atoms with Gasteiger partial charge < -0.3 is 0 Å². The van der Waals surface area contributed by atoms with Gasteiger partial charge in [-0.25, -0.2) is 0 Å². The van der Waals surface area contributed by atoms with Gasteiger partial charge in [-0.05, 0) is 38.3 Å². The minimum Gasteiger partial charge on any atom is -0.295 e. The highest BCUT2D eigenvalue weighted by Crippen LogP contribution is 2.14. The minimum atomic E-state index is 0.0661. The van der Waals surface area contributed by atoms with Crippen molar-refractivity contribution in [2.24, 2.45) is 5.92 Å². The smallest absolute Gasteiger partial charge is 0.159 e. The molecule has 0 rings (SSSR count). The second kappa shape index (κ2) is 7.61. The molecule has 0 aromatic heterocycles. The van der Waals surface area contributed by atoms with Crippen molar-refractivity contribution >= 4 is 5.78 Å². The van der Waals surface area contributed by atoms with E-state index in [4.69, 9.17) is 0 Å². The molecule has 0 saturated carbocycles. The van der Waals surface area contributed by atoms with Gasteiger partial charge in [0, 0.05) is 5.57 Å². The summed E-state index contributed by atoms with van der Waals surface area (Å²) in [5.74, 6) is 0.376. The maximum Gasteiger partial charge on any atom is 0.159 e. The highest BCUT2D eigenvalue weighted by Gasteiger charge is 2.01. The van der Waals surface area contributed by atoms with E-state index >= 15 is 0 Å². The van der Waals surface area contributed by atoms with Crippen molar-refractivity contribution in [1.82, 2.24) is 0 Å². The summed E-state index contributed by atoms with van der Waals surface area (Å²) < 4.78 is 0. The van der Waals surface area contributed by atoms with E-state index in [1.807, 2.05) is 44.2 Å². The molecule has 17 heavy (non-hydrogen) atoms. The molecule has 92 valence electrons. The van der Waals surface area contributed by atoms with Gasteiger partial charge in [0.1, 0.15) is 0 Å². The molecule has 0 aliphatic heterocycles. The second-order valence-electron chi connectivity index (χ2n) is 4.13. The first-order valence-corrected chi connectivity index (χ1v) is 5.78. The monoisotopic (exact) mass is 230 g/mol.